The molecule has 0 spiro atoms. The van der Waals surface area contributed by atoms with Crippen LogP contribution in [0.2, 0.25) is 0 Å². The second-order valence-electron chi connectivity index (χ2n) is 4.53. The molecule has 0 aliphatic carbocycles. The molecule has 1 heterocycles. The number of carbonyl (C=O) groups is 1. The molecule has 2 aromatic rings. The van der Waals surface area contributed by atoms with E-state index in [1.54, 1.807) is 19.0 Å². The lowest BCUT2D eigenvalue weighted by Gasteiger charge is -2.16. The van der Waals surface area contributed by atoms with Gasteiger partial charge in [0.25, 0.3) is 5.91 Å². The van der Waals surface area contributed by atoms with Crippen molar-refractivity contribution in [3.8, 4) is 0 Å². The first kappa shape index (κ1) is 13.1. The molecule has 0 atom stereocenters. The highest BCUT2D eigenvalue weighted by molar-refractivity contribution is 5.98. The van der Waals surface area contributed by atoms with E-state index in [-0.39, 0.29) is 5.91 Å². The molecule has 1 aromatic heterocycles. The average molecular weight is 258 g/mol. The van der Waals surface area contributed by atoms with Crippen molar-refractivity contribution in [2.45, 2.75) is 6.42 Å². The predicted octanol–water partition coefficient (Wildman–Crippen LogP) is 1.32. The van der Waals surface area contributed by atoms with Crippen LogP contribution in [0.15, 0.2) is 36.5 Å². The zero-order valence-corrected chi connectivity index (χ0v) is 11.2. The van der Waals surface area contributed by atoms with E-state index in [4.69, 9.17) is 5.73 Å². The van der Waals surface area contributed by atoms with E-state index < -0.39 is 0 Å². The van der Waals surface area contributed by atoms with Gasteiger partial charge in [0.2, 0.25) is 0 Å². The standard InChI is InChI=1S/C14H18N4O/c1-17(9-8-11-6-4-3-5-7-11)14(19)12-10-16-18(2)13(12)15/h3-7,10H,8-9,15H2,1-2H3. The van der Waals surface area contributed by atoms with Gasteiger partial charge in [-0.1, -0.05) is 30.3 Å². The Morgan fingerprint density at radius 2 is 2.05 bits per heavy atom. The largest absolute Gasteiger partial charge is 0.383 e. The van der Waals surface area contributed by atoms with E-state index in [1.165, 1.54) is 16.4 Å². The van der Waals surface area contributed by atoms with Crippen LogP contribution in [0.1, 0.15) is 15.9 Å². The molecule has 0 radical (unpaired) electrons. The van der Waals surface area contributed by atoms with Crippen molar-refractivity contribution < 1.29 is 4.79 Å². The summed E-state index contributed by atoms with van der Waals surface area (Å²) in [6.45, 7) is 0.650. The minimum Gasteiger partial charge on any atom is -0.383 e. The number of benzene rings is 1. The summed E-state index contributed by atoms with van der Waals surface area (Å²) in [5.74, 6) is 0.304. The van der Waals surface area contributed by atoms with E-state index in [1.807, 2.05) is 18.2 Å². The van der Waals surface area contributed by atoms with Crippen LogP contribution in [0.25, 0.3) is 0 Å². The van der Waals surface area contributed by atoms with E-state index in [0.29, 0.717) is 17.9 Å². The van der Waals surface area contributed by atoms with Crippen LogP contribution in [0.5, 0.6) is 0 Å². The van der Waals surface area contributed by atoms with Crippen molar-refractivity contribution in [3.05, 3.63) is 47.7 Å². The summed E-state index contributed by atoms with van der Waals surface area (Å²) in [5.41, 5.74) is 7.47. The smallest absolute Gasteiger partial charge is 0.258 e. The summed E-state index contributed by atoms with van der Waals surface area (Å²) >= 11 is 0. The van der Waals surface area contributed by atoms with Crippen molar-refractivity contribution in [3.63, 3.8) is 0 Å². The van der Waals surface area contributed by atoms with Crippen LogP contribution < -0.4 is 5.73 Å². The molecule has 0 saturated carbocycles. The third-order valence-electron chi connectivity index (χ3n) is 3.14. The first-order valence-corrected chi connectivity index (χ1v) is 6.16. The van der Waals surface area contributed by atoms with Crippen LogP contribution in [0, 0.1) is 0 Å². The highest BCUT2D eigenvalue weighted by Crippen LogP contribution is 2.12. The Kier molecular flexibility index (Phi) is 3.85. The first-order valence-electron chi connectivity index (χ1n) is 6.16. The molecule has 0 aliphatic heterocycles. The summed E-state index contributed by atoms with van der Waals surface area (Å²) in [7, 11) is 3.49. The minimum absolute atomic E-state index is 0.0958. The fourth-order valence-electron chi connectivity index (χ4n) is 1.86. The lowest BCUT2D eigenvalue weighted by Crippen LogP contribution is -2.29. The molecule has 2 N–H and O–H groups in total. The molecule has 0 aliphatic rings. The van der Waals surface area contributed by atoms with Crippen molar-refractivity contribution in [1.82, 2.24) is 14.7 Å². The van der Waals surface area contributed by atoms with Crippen LogP contribution in [-0.4, -0.2) is 34.2 Å². The summed E-state index contributed by atoms with van der Waals surface area (Å²) in [6.07, 6.45) is 2.33. The molecule has 19 heavy (non-hydrogen) atoms. The van der Waals surface area contributed by atoms with Crippen LogP contribution in [0.4, 0.5) is 5.82 Å². The molecule has 0 unspecified atom stereocenters. The van der Waals surface area contributed by atoms with Crippen molar-refractivity contribution in [2.75, 3.05) is 19.3 Å². The summed E-state index contributed by atoms with van der Waals surface area (Å²) in [6, 6.07) is 10.1. The number of likely N-dealkylation sites (N-methyl/N-ethyl adjacent to an activating group) is 1. The number of rotatable bonds is 4. The Labute approximate surface area is 112 Å². The Bertz CT molecular complexity index is 562. The van der Waals surface area contributed by atoms with Gasteiger partial charge in [-0.15, -0.1) is 0 Å². The third-order valence-corrected chi connectivity index (χ3v) is 3.14. The Morgan fingerprint density at radius 1 is 1.37 bits per heavy atom. The van der Waals surface area contributed by atoms with Gasteiger partial charge in [0.05, 0.1) is 6.20 Å². The topological polar surface area (TPSA) is 64.2 Å². The van der Waals surface area contributed by atoms with Gasteiger partial charge in [0.1, 0.15) is 11.4 Å². The fourth-order valence-corrected chi connectivity index (χ4v) is 1.86. The molecule has 0 saturated heterocycles. The molecule has 5 nitrogen and oxygen atoms in total. The number of amides is 1. The number of aryl methyl sites for hydroxylation is 1. The monoisotopic (exact) mass is 258 g/mol. The molecule has 5 heteroatoms. The second-order valence-corrected chi connectivity index (χ2v) is 4.53. The third kappa shape index (κ3) is 2.93. The van der Waals surface area contributed by atoms with Crippen molar-refractivity contribution in [1.29, 1.82) is 0 Å². The lowest BCUT2D eigenvalue weighted by atomic mass is 10.1. The van der Waals surface area contributed by atoms with Crippen LogP contribution in [0.3, 0.4) is 0 Å². The maximum Gasteiger partial charge on any atom is 0.258 e. The number of carbonyl (C=O) groups excluding carboxylic acids is 1. The molecular formula is C14H18N4O. The molecule has 0 fully saturated rings. The maximum atomic E-state index is 12.2. The van der Waals surface area contributed by atoms with Gasteiger partial charge in [0, 0.05) is 20.6 Å². The van der Waals surface area contributed by atoms with Crippen molar-refractivity contribution in [2.24, 2.45) is 7.05 Å². The average Bonchev–Trinajstić information content (AvgIpc) is 2.77. The Balaban J connectivity index is 1.98. The minimum atomic E-state index is -0.0958. The van der Waals surface area contributed by atoms with Crippen LogP contribution in [-0.2, 0) is 13.5 Å². The number of aromatic nitrogens is 2. The maximum absolute atomic E-state index is 12.2. The van der Waals surface area contributed by atoms with Gasteiger partial charge in [-0.2, -0.15) is 5.10 Å². The Hall–Kier alpha value is -2.30. The highest BCUT2D eigenvalue weighted by Gasteiger charge is 2.17. The SMILES string of the molecule is CN(CCc1ccccc1)C(=O)c1cnn(C)c1N. The summed E-state index contributed by atoms with van der Waals surface area (Å²) in [4.78, 5) is 13.9. The Morgan fingerprint density at radius 3 is 2.63 bits per heavy atom. The number of nitrogens with two attached hydrogens (primary N) is 1. The van der Waals surface area contributed by atoms with Gasteiger partial charge < -0.3 is 10.6 Å². The number of anilines is 1. The molecule has 1 aromatic carbocycles. The molecular weight excluding hydrogens is 240 g/mol. The molecule has 1 amide bonds. The number of nitrogen functional groups attached to an aromatic ring is 1. The van der Waals surface area contributed by atoms with E-state index in [0.717, 1.165) is 6.42 Å². The van der Waals surface area contributed by atoms with E-state index in [2.05, 4.69) is 17.2 Å². The van der Waals surface area contributed by atoms with Gasteiger partial charge in [-0.25, -0.2) is 0 Å². The number of hydrogen-bond acceptors (Lipinski definition) is 3. The lowest BCUT2D eigenvalue weighted by molar-refractivity contribution is 0.0797. The zero-order valence-electron chi connectivity index (χ0n) is 11.2. The molecule has 2 rings (SSSR count). The van der Waals surface area contributed by atoms with Crippen molar-refractivity contribution >= 4 is 11.7 Å². The van der Waals surface area contributed by atoms with E-state index in [9.17, 15) is 4.79 Å². The second kappa shape index (κ2) is 5.56. The molecule has 100 valence electrons. The summed E-state index contributed by atoms with van der Waals surface area (Å²) in [5, 5.41) is 3.98. The number of hydrogen-bond donors (Lipinski definition) is 1. The summed E-state index contributed by atoms with van der Waals surface area (Å²) < 4.78 is 1.50. The number of nitrogens with zero attached hydrogens (tertiary/aromatic N) is 3. The highest BCUT2D eigenvalue weighted by atomic mass is 16.2. The van der Waals surface area contributed by atoms with Crippen LogP contribution >= 0.6 is 0 Å². The normalized spacial score (nSPS) is 10.4. The zero-order chi connectivity index (χ0) is 13.8. The van der Waals surface area contributed by atoms with E-state index >= 15 is 0 Å². The van der Waals surface area contributed by atoms with Gasteiger partial charge in [-0.3, -0.25) is 9.48 Å². The molecule has 0 bridgehead atoms. The first-order chi connectivity index (χ1) is 9.09. The predicted molar refractivity (Wildman–Crippen MR) is 74.7 cm³/mol. The quantitative estimate of drug-likeness (QED) is 0.899. The fraction of sp³-hybridized carbons (Fsp3) is 0.286. The van der Waals surface area contributed by atoms with Gasteiger partial charge in [-0.05, 0) is 12.0 Å². The van der Waals surface area contributed by atoms with Gasteiger partial charge in [0.15, 0.2) is 0 Å². The van der Waals surface area contributed by atoms with Gasteiger partial charge >= 0.3 is 0 Å².